The van der Waals surface area contributed by atoms with Gasteiger partial charge in [0, 0.05) is 42.2 Å². The minimum absolute atomic E-state index is 0.597. The summed E-state index contributed by atoms with van der Waals surface area (Å²) in [6.07, 6.45) is 0. The van der Waals surface area contributed by atoms with Crippen molar-refractivity contribution >= 4 is 11.8 Å². The van der Waals surface area contributed by atoms with Gasteiger partial charge in [0.1, 0.15) is 0 Å². The zero-order chi connectivity index (χ0) is 11.4. The van der Waals surface area contributed by atoms with Crippen LogP contribution in [0.15, 0.2) is 0 Å². The van der Waals surface area contributed by atoms with E-state index in [1.54, 1.807) is 0 Å². The van der Waals surface area contributed by atoms with Crippen molar-refractivity contribution in [2.75, 3.05) is 18.8 Å². The molecular weight excluding hydrogens is 204 g/mol. The molecule has 3 atom stereocenters. The van der Waals surface area contributed by atoms with Crippen LogP contribution in [0.25, 0.3) is 0 Å². The highest BCUT2D eigenvalue weighted by molar-refractivity contribution is 8.00. The first-order chi connectivity index (χ1) is 7.02. The molecule has 0 aromatic carbocycles. The van der Waals surface area contributed by atoms with Gasteiger partial charge in [0.05, 0.1) is 0 Å². The van der Waals surface area contributed by atoms with Crippen molar-refractivity contribution in [2.45, 2.75) is 58.0 Å². The molecule has 0 aliphatic carbocycles. The fourth-order valence-electron chi connectivity index (χ4n) is 2.10. The van der Waals surface area contributed by atoms with Crippen molar-refractivity contribution in [3.63, 3.8) is 0 Å². The third-order valence-electron chi connectivity index (χ3n) is 3.32. The first-order valence-electron chi connectivity index (χ1n) is 6.13. The average molecular weight is 230 g/mol. The molecule has 0 radical (unpaired) electrons. The van der Waals surface area contributed by atoms with Gasteiger partial charge in [-0.15, -0.1) is 0 Å². The van der Waals surface area contributed by atoms with Gasteiger partial charge in [-0.25, -0.2) is 0 Å². The molecule has 1 aliphatic rings. The molecule has 15 heavy (non-hydrogen) atoms. The van der Waals surface area contributed by atoms with E-state index in [1.165, 1.54) is 12.3 Å². The van der Waals surface area contributed by atoms with Crippen LogP contribution in [-0.2, 0) is 0 Å². The first-order valence-corrected chi connectivity index (χ1v) is 7.18. The summed E-state index contributed by atoms with van der Waals surface area (Å²) >= 11 is 2.11. The Hall–Kier alpha value is 0.270. The maximum absolute atomic E-state index is 3.53. The van der Waals surface area contributed by atoms with Crippen LogP contribution in [0.2, 0.25) is 0 Å². The molecule has 90 valence electrons. The summed E-state index contributed by atoms with van der Waals surface area (Å²) in [6.45, 7) is 13.8. The molecule has 3 heteroatoms. The van der Waals surface area contributed by atoms with E-state index in [2.05, 4.69) is 56.6 Å². The van der Waals surface area contributed by atoms with Gasteiger partial charge in [-0.05, 0) is 13.8 Å². The van der Waals surface area contributed by atoms with Crippen LogP contribution in [0, 0.1) is 0 Å². The van der Waals surface area contributed by atoms with Crippen molar-refractivity contribution in [2.24, 2.45) is 0 Å². The normalized spacial score (nSPS) is 30.8. The van der Waals surface area contributed by atoms with Crippen LogP contribution in [0.4, 0.5) is 0 Å². The monoisotopic (exact) mass is 230 g/mol. The van der Waals surface area contributed by atoms with Crippen molar-refractivity contribution in [1.82, 2.24) is 10.2 Å². The van der Waals surface area contributed by atoms with E-state index >= 15 is 0 Å². The van der Waals surface area contributed by atoms with Gasteiger partial charge in [0.15, 0.2) is 0 Å². The van der Waals surface area contributed by atoms with Crippen LogP contribution in [0.1, 0.15) is 34.6 Å². The predicted molar refractivity (Wildman–Crippen MR) is 70.7 cm³/mol. The van der Waals surface area contributed by atoms with E-state index in [1.807, 2.05) is 0 Å². The SMILES string of the molecule is CC(C)NCC(C)N1CCSC(C)C1C. The molecule has 1 saturated heterocycles. The van der Waals surface area contributed by atoms with Gasteiger partial charge in [-0.2, -0.15) is 11.8 Å². The Bertz CT molecular complexity index is 184. The number of nitrogens with one attached hydrogen (secondary N) is 1. The number of nitrogens with zero attached hydrogens (tertiary/aromatic N) is 1. The van der Waals surface area contributed by atoms with Gasteiger partial charge in [0.25, 0.3) is 0 Å². The molecule has 0 aromatic heterocycles. The molecule has 1 fully saturated rings. The molecule has 1 rings (SSSR count). The lowest BCUT2D eigenvalue weighted by atomic mass is 10.1. The zero-order valence-corrected chi connectivity index (χ0v) is 11.6. The molecule has 0 spiro atoms. The van der Waals surface area contributed by atoms with Crippen molar-refractivity contribution in [1.29, 1.82) is 0 Å². The van der Waals surface area contributed by atoms with E-state index in [9.17, 15) is 0 Å². The number of hydrogen-bond acceptors (Lipinski definition) is 3. The minimum Gasteiger partial charge on any atom is -0.313 e. The molecule has 0 amide bonds. The Labute approximate surface area is 99.2 Å². The topological polar surface area (TPSA) is 15.3 Å². The Kier molecular flexibility index (Phi) is 5.44. The maximum atomic E-state index is 3.53. The molecule has 3 unspecified atom stereocenters. The highest BCUT2D eigenvalue weighted by Crippen LogP contribution is 2.25. The molecule has 1 aliphatic heterocycles. The summed E-state index contributed by atoms with van der Waals surface area (Å²) in [5.74, 6) is 1.29. The van der Waals surface area contributed by atoms with Crippen molar-refractivity contribution in [3.05, 3.63) is 0 Å². The average Bonchev–Trinajstić information content (AvgIpc) is 2.18. The van der Waals surface area contributed by atoms with Crippen LogP contribution < -0.4 is 5.32 Å². The summed E-state index contributed by atoms with van der Waals surface area (Å²) in [7, 11) is 0. The highest BCUT2D eigenvalue weighted by atomic mass is 32.2. The summed E-state index contributed by atoms with van der Waals surface area (Å²) < 4.78 is 0. The predicted octanol–water partition coefficient (Wildman–Crippen LogP) is 2.20. The fourth-order valence-corrected chi connectivity index (χ4v) is 3.22. The second kappa shape index (κ2) is 6.12. The largest absolute Gasteiger partial charge is 0.313 e. The van der Waals surface area contributed by atoms with E-state index in [4.69, 9.17) is 0 Å². The van der Waals surface area contributed by atoms with Crippen molar-refractivity contribution in [3.8, 4) is 0 Å². The zero-order valence-electron chi connectivity index (χ0n) is 10.8. The molecule has 2 nitrogen and oxygen atoms in total. The summed E-state index contributed by atoms with van der Waals surface area (Å²) in [5.41, 5.74) is 0. The summed E-state index contributed by atoms with van der Waals surface area (Å²) in [6, 6.07) is 1.97. The number of hydrogen-bond donors (Lipinski definition) is 1. The van der Waals surface area contributed by atoms with Gasteiger partial charge in [-0.1, -0.05) is 20.8 Å². The van der Waals surface area contributed by atoms with E-state index in [0.717, 1.165) is 11.8 Å². The molecule has 1 N–H and O–H groups in total. The van der Waals surface area contributed by atoms with Crippen molar-refractivity contribution < 1.29 is 0 Å². The number of thioether (sulfide) groups is 1. The van der Waals surface area contributed by atoms with E-state index in [-0.39, 0.29) is 0 Å². The number of rotatable bonds is 4. The third kappa shape index (κ3) is 3.97. The third-order valence-corrected chi connectivity index (χ3v) is 4.66. The summed E-state index contributed by atoms with van der Waals surface area (Å²) in [4.78, 5) is 2.65. The minimum atomic E-state index is 0.597. The fraction of sp³-hybridized carbons (Fsp3) is 1.00. The molecule has 0 saturated carbocycles. The maximum Gasteiger partial charge on any atom is 0.0196 e. The van der Waals surface area contributed by atoms with Gasteiger partial charge in [0.2, 0.25) is 0 Å². The Morgan fingerprint density at radius 3 is 2.60 bits per heavy atom. The molecular formula is C12H26N2S. The van der Waals surface area contributed by atoms with Gasteiger partial charge in [-0.3, -0.25) is 4.90 Å². The molecule has 1 heterocycles. The van der Waals surface area contributed by atoms with Crippen LogP contribution in [0.5, 0.6) is 0 Å². The van der Waals surface area contributed by atoms with Gasteiger partial charge < -0.3 is 5.32 Å². The Morgan fingerprint density at radius 1 is 1.33 bits per heavy atom. The van der Waals surface area contributed by atoms with Gasteiger partial charge >= 0.3 is 0 Å². The Morgan fingerprint density at radius 2 is 2.00 bits per heavy atom. The van der Waals surface area contributed by atoms with Crippen LogP contribution >= 0.6 is 11.8 Å². The smallest absolute Gasteiger partial charge is 0.0196 e. The quantitative estimate of drug-likeness (QED) is 0.797. The second-order valence-electron chi connectivity index (χ2n) is 4.97. The molecule has 0 bridgehead atoms. The second-order valence-corrected chi connectivity index (χ2v) is 6.45. The Balaban J connectivity index is 2.39. The van der Waals surface area contributed by atoms with Crippen LogP contribution in [0.3, 0.4) is 0 Å². The lowest BCUT2D eigenvalue weighted by molar-refractivity contribution is 0.153. The summed E-state index contributed by atoms with van der Waals surface area (Å²) in [5, 5.41) is 4.31. The van der Waals surface area contributed by atoms with E-state index < -0.39 is 0 Å². The lowest BCUT2D eigenvalue weighted by Gasteiger charge is -2.41. The highest BCUT2D eigenvalue weighted by Gasteiger charge is 2.28. The first kappa shape index (κ1) is 13.3. The molecule has 0 aromatic rings. The lowest BCUT2D eigenvalue weighted by Crippen LogP contribution is -2.52. The standard InChI is InChI=1S/C12H26N2S/c1-9(2)13-8-10(3)14-6-7-15-12(5)11(14)4/h9-13H,6-8H2,1-5H3. The van der Waals surface area contributed by atoms with E-state index in [0.29, 0.717) is 18.1 Å². The van der Waals surface area contributed by atoms with Crippen LogP contribution in [-0.4, -0.2) is 47.1 Å².